The topological polar surface area (TPSA) is 66.4 Å². The minimum absolute atomic E-state index is 0.0819. The molecule has 0 aliphatic heterocycles. The SMILES string of the molecule is CC(C)NC1C(=O)C(C)(C)C(=O)C(C)(C)C1O. The first-order valence-corrected chi connectivity index (χ1v) is 6.06. The van der Waals surface area contributed by atoms with Crippen LogP contribution in [0.4, 0.5) is 0 Å². The van der Waals surface area contributed by atoms with E-state index in [1.54, 1.807) is 27.7 Å². The van der Waals surface area contributed by atoms with Gasteiger partial charge in [-0.15, -0.1) is 0 Å². The highest BCUT2D eigenvalue weighted by molar-refractivity contribution is 6.13. The molecule has 2 atom stereocenters. The van der Waals surface area contributed by atoms with E-state index >= 15 is 0 Å². The molecule has 0 spiro atoms. The Balaban J connectivity index is 3.16. The summed E-state index contributed by atoms with van der Waals surface area (Å²) in [6.45, 7) is 10.5. The van der Waals surface area contributed by atoms with E-state index in [0.29, 0.717) is 0 Å². The van der Waals surface area contributed by atoms with Crippen molar-refractivity contribution in [1.82, 2.24) is 5.32 Å². The van der Waals surface area contributed by atoms with Crippen molar-refractivity contribution in [1.29, 1.82) is 0 Å². The van der Waals surface area contributed by atoms with Crippen molar-refractivity contribution in [2.24, 2.45) is 10.8 Å². The molecule has 1 saturated carbocycles. The second-order valence-electron chi connectivity index (χ2n) is 6.28. The van der Waals surface area contributed by atoms with Crippen molar-refractivity contribution >= 4 is 11.6 Å². The molecule has 1 aliphatic carbocycles. The summed E-state index contributed by atoms with van der Waals surface area (Å²) in [4.78, 5) is 24.5. The summed E-state index contributed by atoms with van der Waals surface area (Å²) in [5, 5.41) is 13.3. The Bertz CT molecular complexity index is 345. The average Bonchev–Trinajstić information content (AvgIpc) is 2.20. The molecule has 2 N–H and O–H groups in total. The van der Waals surface area contributed by atoms with Crippen molar-refractivity contribution in [2.75, 3.05) is 0 Å². The third kappa shape index (κ3) is 2.16. The van der Waals surface area contributed by atoms with Gasteiger partial charge in [-0.3, -0.25) is 9.59 Å². The molecule has 1 rings (SSSR count). The first-order valence-electron chi connectivity index (χ1n) is 6.06. The van der Waals surface area contributed by atoms with E-state index < -0.39 is 23.0 Å². The van der Waals surface area contributed by atoms with Crippen LogP contribution in [0.2, 0.25) is 0 Å². The maximum absolute atomic E-state index is 12.2. The summed E-state index contributed by atoms with van der Waals surface area (Å²) in [5.74, 6) is -0.410. The van der Waals surface area contributed by atoms with E-state index in [1.807, 2.05) is 13.8 Å². The summed E-state index contributed by atoms with van der Waals surface area (Å²) < 4.78 is 0. The van der Waals surface area contributed by atoms with Crippen molar-refractivity contribution in [3.63, 3.8) is 0 Å². The quantitative estimate of drug-likeness (QED) is 0.705. The number of carbonyl (C=O) groups excluding carboxylic acids is 2. The number of hydrogen-bond acceptors (Lipinski definition) is 4. The molecular weight excluding hydrogens is 218 g/mol. The fraction of sp³-hybridized carbons (Fsp3) is 0.846. The lowest BCUT2D eigenvalue weighted by Crippen LogP contribution is -2.66. The fourth-order valence-corrected chi connectivity index (χ4v) is 2.53. The van der Waals surface area contributed by atoms with Gasteiger partial charge >= 0.3 is 0 Å². The highest BCUT2D eigenvalue weighted by Gasteiger charge is 2.57. The molecule has 2 unspecified atom stereocenters. The van der Waals surface area contributed by atoms with Crippen molar-refractivity contribution < 1.29 is 14.7 Å². The van der Waals surface area contributed by atoms with Gasteiger partial charge in [-0.25, -0.2) is 0 Å². The monoisotopic (exact) mass is 241 g/mol. The molecule has 0 aromatic heterocycles. The molecule has 0 amide bonds. The van der Waals surface area contributed by atoms with Crippen LogP contribution < -0.4 is 5.32 Å². The number of rotatable bonds is 2. The van der Waals surface area contributed by atoms with E-state index in [-0.39, 0.29) is 17.6 Å². The molecule has 0 heterocycles. The number of aliphatic hydroxyl groups is 1. The Morgan fingerprint density at radius 2 is 1.65 bits per heavy atom. The zero-order chi connectivity index (χ0) is 13.6. The van der Waals surface area contributed by atoms with Gasteiger partial charge in [-0.2, -0.15) is 0 Å². The summed E-state index contributed by atoms with van der Waals surface area (Å²) in [6, 6.07) is -0.587. The smallest absolute Gasteiger partial charge is 0.165 e. The molecule has 0 radical (unpaired) electrons. The Labute approximate surface area is 103 Å². The predicted molar refractivity (Wildman–Crippen MR) is 65.6 cm³/mol. The van der Waals surface area contributed by atoms with Crippen LogP contribution in [0.1, 0.15) is 41.5 Å². The second-order valence-corrected chi connectivity index (χ2v) is 6.28. The minimum atomic E-state index is -1.03. The number of Topliss-reactive ketones (excluding diaryl/α,β-unsaturated/α-hetero) is 2. The van der Waals surface area contributed by atoms with Crippen LogP contribution in [0.25, 0.3) is 0 Å². The molecule has 17 heavy (non-hydrogen) atoms. The lowest BCUT2D eigenvalue weighted by molar-refractivity contribution is -0.161. The Hall–Kier alpha value is -0.740. The van der Waals surface area contributed by atoms with Gasteiger partial charge in [0.05, 0.1) is 23.0 Å². The number of ketones is 2. The third-order valence-electron chi connectivity index (χ3n) is 3.62. The molecular formula is C13H23NO3. The van der Waals surface area contributed by atoms with Crippen molar-refractivity contribution in [2.45, 2.75) is 59.7 Å². The van der Waals surface area contributed by atoms with Crippen LogP contribution in [-0.4, -0.2) is 34.9 Å². The Kier molecular flexibility index (Phi) is 3.52. The van der Waals surface area contributed by atoms with Gasteiger partial charge in [0.2, 0.25) is 0 Å². The van der Waals surface area contributed by atoms with Gasteiger partial charge in [-0.05, 0) is 13.8 Å². The third-order valence-corrected chi connectivity index (χ3v) is 3.62. The molecule has 0 saturated heterocycles. The first kappa shape index (κ1) is 14.3. The first-order chi connectivity index (χ1) is 7.52. The summed E-state index contributed by atoms with van der Waals surface area (Å²) in [7, 11) is 0. The van der Waals surface area contributed by atoms with Crippen molar-refractivity contribution in [3.05, 3.63) is 0 Å². The maximum Gasteiger partial charge on any atom is 0.165 e. The van der Waals surface area contributed by atoms with Crippen LogP contribution in [-0.2, 0) is 9.59 Å². The van der Waals surface area contributed by atoms with Gasteiger partial charge in [0, 0.05) is 6.04 Å². The van der Waals surface area contributed by atoms with Gasteiger partial charge in [0.25, 0.3) is 0 Å². The van der Waals surface area contributed by atoms with E-state index in [9.17, 15) is 14.7 Å². The number of carbonyl (C=O) groups is 2. The molecule has 98 valence electrons. The van der Waals surface area contributed by atoms with E-state index in [4.69, 9.17) is 0 Å². The van der Waals surface area contributed by atoms with Gasteiger partial charge in [0.1, 0.15) is 0 Å². The summed E-state index contributed by atoms with van der Waals surface area (Å²) in [5.41, 5.74) is -1.93. The van der Waals surface area contributed by atoms with Crippen LogP contribution in [0.5, 0.6) is 0 Å². The standard InChI is InChI=1S/C13H23NO3/c1-7(2)14-8-9(15)12(3,4)11(17)13(5,6)10(8)16/h7-9,14-15H,1-6H3. The van der Waals surface area contributed by atoms with Gasteiger partial charge in [-0.1, -0.05) is 27.7 Å². The largest absolute Gasteiger partial charge is 0.390 e. The lowest BCUT2D eigenvalue weighted by atomic mass is 9.60. The minimum Gasteiger partial charge on any atom is -0.390 e. The van der Waals surface area contributed by atoms with Crippen LogP contribution in [0, 0.1) is 10.8 Å². The second kappa shape index (κ2) is 4.18. The Morgan fingerprint density at radius 3 is 2.06 bits per heavy atom. The lowest BCUT2D eigenvalue weighted by Gasteiger charge is -2.46. The highest BCUT2D eigenvalue weighted by atomic mass is 16.3. The molecule has 4 heteroatoms. The number of aliphatic hydroxyl groups excluding tert-OH is 1. The average molecular weight is 241 g/mol. The Morgan fingerprint density at radius 1 is 1.18 bits per heavy atom. The van der Waals surface area contributed by atoms with Crippen LogP contribution >= 0.6 is 0 Å². The predicted octanol–water partition coefficient (Wildman–Crippen LogP) is 0.918. The number of nitrogens with one attached hydrogen (secondary N) is 1. The van der Waals surface area contributed by atoms with E-state index in [2.05, 4.69) is 5.32 Å². The fourth-order valence-electron chi connectivity index (χ4n) is 2.53. The van der Waals surface area contributed by atoms with Crippen molar-refractivity contribution in [3.8, 4) is 0 Å². The zero-order valence-corrected chi connectivity index (χ0v) is 11.5. The maximum atomic E-state index is 12.2. The molecule has 0 bridgehead atoms. The molecule has 4 nitrogen and oxygen atoms in total. The molecule has 0 aromatic carbocycles. The van der Waals surface area contributed by atoms with Crippen LogP contribution in [0.15, 0.2) is 0 Å². The zero-order valence-electron chi connectivity index (χ0n) is 11.5. The van der Waals surface area contributed by atoms with E-state index in [1.165, 1.54) is 0 Å². The summed E-state index contributed by atoms with van der Waals surface area (Å²) >= 11 is 0. The molecule has 0 aromatic rings. The van der Waals surface area contributed by atoms with E-state index in [0.717, 1.165) is 0 Å². The van der Waals surface area contributed by atoms with Gasteiger partial charge in [0.15, 0.2) is 11.6 Å². The summed E-state index contributed by atoms with van der Waals surface area (Å²) in [6.07, 6.45) is -0.974. The van der Waals surface area contributed by atoms with Gasteiger partial charge < -0.3 is 10.4 Å². The highest BCUT2D eigenvalue weighted by Crippen LogP contribution is 2.40. The molecule has 1 aliphatic rings. The normalized spacial score (nSPS) is 32.0. The number of hydrogen-bond donors (Lipinski definition) is 2. The molecule has 1 fully saturated rings. The van der Waals surface area contributed by atoms with Crippen LogP contribution in [0.3, 0.4) is 0 Å².